The first-order valence-electron chi connectivity index (χ1n) is 9.91. The Morgan fingerprint density at radius 1 is 1.17 bits per heavy atom. The van der Waals surface area contributed by atoms with E-state index in [4.69, 9.17) is 0 Å². The number of amides is 1. The van der Waals surface area contributed by atoms with Gasteiger partial charge in [0, 0.05) is 19.5 Å². The van der Waals surface area contributed by atoms with Crippen molar-refractivity contribution in [2.75, 3.05) is 23.7 Å². The number of hydrogen-bond acceptors (Lipinski definition) is 3. The number of unbranched alkanes of at least 4 members (excludes halogenated alkanes) is 1. The molecule has 166 valence electrons. The van der Waals surface area contributed by atoms with Crippen molar-refractivity contribution >= 4 is 21.6 Å². The molecule has 0 radical (unpaired) electrons. The third kappa shape index (κ3) is 8.64. The maximum absolute atomic E-state index is 13.3. The maximum atomic E-state index is 13.3. The molecule has 0 aliphatic heterocycles. The number of anilines is 1. The molecule has 0 saturated heterocycles. The van der Waals surface area contributed by atoms with Crippen LogP contribution in [0.3, 0.4) is 0 Å². The zero-order valence-corrected chi connectivity index (χ0v) is 18.1. The molecule has 0 bridgehead atoms. The number of sulfonamides is 1. The van der Waals surface area contributed by atoms with E-state index < -0.39 is 27.5 Å². The fourth-order valence-corrected chi connectivity index (χ4v) is 4.05. The van der Waals surface area contributed by atoms with E-state index in [1.54, 1.807) is 0 Å². The Kier molecular flexibility index (Phi) is 9.95. The molecule has 5 nitrogen and oxygen atoms in total. The minimum atomic E-state index is -4.68. The van der Waals surface area contributed by atoms with Gasteiger partial charge < -0.3 is 5.32 Å². The number of nitrogens with zero attached hydrogens (tertiary/aromatic N) is 1. The van der Waals surface area contributed by atoms with Crippen LogP contribution in [0.5, 0.6) is 0 Å². The molecule has 1 N–H and O–H groups in total. The molecule has 1 aromatic carbocycles. The SMILES string of the molecule is CCCC[C@@H](CC)CNC(=O)CCCN(c1ccccc1C(F)(F)F)S(C)(=O)=O. The van der Waals surface area contributed by atoms with Crippen LogP contribution in [0.4, 0.5) is 18.9 Å². The van der Waals surface area contributed by atoms with E-state index >= 15 is 0 Å². The van der Waals surface area contributed by atoms with Gasteiger partial charge in [-0.3, -0.25) is 9.10 Å². The van der Waals surface area contributed by atoms with E-state index in [0.717, 1.165) is 48.4 Å². The topological polar surface area (TPSA) is 66.5 Å². The van der Waals surface area contributed by atoms with Crippen LogP contribution >= 0.6 is 0 Å². The lowest BCUT2D eigenvalue weighted by atomic mass is 9.99. The summed E-state index contributed by atoms with van der Waals surface area (Å²) in [5, 5.41) is 2.84. The number of para-hydroxylation sites is 1. The average Bonchev–Trinajstić information content (AvgIpc) is 2.63. The predicted octanol–water partition coefficient (Wildman–Crippen LogP) is 4.58. The first-order chi connectivity index (χ1) is 13.5. The van der Waals surface area contributed by atoms with Crippen LogP contribution in [0.15, 0.2) is 24.3 Å². The Balaban J connectivity index is 2.73. The lowest BCUT2D eigenvalue weighted by molar-refractivity contribution is -0.137. The van der Waals surface area contributed by atoms with Crippen molar-refractivity contribution in [1.82, 2.24) is 5.32 Å². The Bertz CT molecular complexity index is 752. The summed E-state index contributed by atoms with van der Waals surface area (Å²) in [6.07, 6.45) is 0.521. The van der Waals surface area contributed by atoms with Gasteiger partial charge in [-0.05, 0) is 30.9 Å². The summed E-state index contributed by atoms with van der Waals surface area (Å²) in [4.78, 5) is 12.1. The molecule has 1 amide bonds. The molecule has 0 aliphatic rings. The first kappa shape index (κ1) is 25.3. The zero-order chi connectivity index (χ0) is 22.1. The Labute approximate surface area is 171 Å². The van der Waals surface area contributed by atoms with Gasteiger partial charge in [-0.1, -0.05) is 45.2 Å². The number of carbonyl (C=O) groups excluding carboxylic acids is 1. The Morgan fingerprint density at radius 3 is 2.38 bits per heavy atom. The summed E-state index contributed by atoms with van der Waals surface area (Å²) in [5.74, 6) is 0.169. The second-order valence-corrected chi connectivity index (χ2v) is 9.08. The minimum absolute atomic E-state index is 0.0460. The summed E-state index contributed by atoms with van der Waals surface area (Å²) < 4.78 is 64.7. The number of alkyl halides is 3. The monoisotopic (exact) mass is 436 g/mol. The molecule has 0 heterocycles. The van der Waals surface area contributed by atoms with Crippen molar-refractivity contribution in [3.8, 4) is 0 Å². The molecule has 0 aromatic heterocycles. The van der Waals surface area contributed by atoms with Gasteiger partial charge in [0.05, 0.1) is 17.5 Å². The largest absolute Gasteiger partial charge is 0.418 e. The third-order valence-corrected chi connectivity index (χ3v) is 5.95. The molecule has 0 fully saturated rings. The summed E-state index contributed by atoms with van der Waals surface area (Å²) in [6, 6.07) is 4.55. The normalized spacial score (nSPS) is 13.2. The quantitative estimate of drug-likeness (QED) is 0.521. The molecule has 0 aliphatic carbocycles. The molecular weight excluding hydrogens is 405 g/mol. The third-order valence-electron chi connectivity index (χ3n) is 4.77. The first-order valence-corrected chi connectivity index (χ1v) is 11.8. The molecule has 0 unspecified atom stereocenters. The second-order valence-electron chi connectivity index (χ2n) is 7.17. The summed E-state index contributed by atoms with van der Waals surface area (Å²) in [6.45, 7) is 4.53. The van der Waals surface area contributed by atoms with E-state index in [1.165, 1.54) is 12.1 Å². The summed E-state index contributed by atoms with van der Waals surface area (Å²) in [7, 11) is -3.94. The van der Waals surface area contributed by atoms with Gasteiger partial charge in [-0.25, -0.2) is 8.42 Å². The second kappa shape index (κ2) is 11.4. The van der Waals surface area contributed by atoms with Gasteiger partial charge in [0.2, 0.25) is 15.9 Å². The number of benzene rings is 1. The molecule has 1 atom stereocenters. The van der Waals surface area contributed by atoms with Crippen molar-refractivity contribution < 1.29 is 26.4 Å². The molecular formula is C20H31F3N2O3S. The number of rotatable bonds is 12. The van der Waals surface area contributed by atoms with Crippen LogP contribution in [0.25, 0.3) is 0 Å². The van der Waals surface area contributed by atoms with Crippen LogP contribution in [0.1, 0.15) is 57.9 Å². The van der Waals surface area contributed by atoms with Gasteiger partial charge in [0.15, 0.2) is 0 Å². The van der Waals surface area contributed by atoms with Gasteiger partial charge in [0.1, 0.15) is 0 Å². The van der Waals surface area contributed by atoms with Crippen molar-refractivity contribution in [3.63, 3.8) is 0 Å². The summed E-state index contributed by atoms with van der Waals surface area (Å²) in [5.41, 5.74) is -1.44. The van der Waals surface area contributed by atoms with E-state index in [-0.39, 0.29) is 25.3 Å². The lowest BCUT2D eigenvalue weighted by Gasteiger charge is -2.25. The highest BCUT2D eigenvalue weighted by Gasteiger charge is 2.36. The standard InChI is InChI=1S/C20H31F3N2O3S/c1-4-6-10-16(5-2)15-24-19(26)13-9-14-25(29(3,27)28)18-12-8-7-11-17(18)20(21,22)23/h7-8,11-12,16H,4-6,9-10,13-15H2,1-3H3,(H,24,26)/t16-/m1/s1. The summed E-state index contributed by atoms with van der Waals surface area (Å²) >= 11 is 0. The van der Waals surface area contributed by atoms with Crippen LogP contribution in [-0.4, -0.2) is 33.7 Å². The van der Waals surface area contributed by atoms with Gasteiger partial charge in [-0.2, -0.15) is 13.2 Å². The smallest absolute Gasteiger partial charge is 0.356 e. The van der Waals surface area contributed by atoms with Crippen molar-refractivity contribution in [3.05, 3.63) is 29.8 Å². The van der Waals surface area contributed by atoms with Crippen molar-refractivity contribution in [2.45, 2.75) is 58.5 Å². The molecule has 1 aromatic rings. The fraction of sp³-hybridized carbons (Fsp3) is 0.650. The van der Waals surface area contributed by atoms with E-state index in [1.807, 2.05) is 0 Å². The Hall–Kier alpha value is -1.77. The van der Waals surface area contributed by atoms with Crippen LogP contribution in [-0.2, 0) is 21.0 Å². The van der Waals surface area contributed by atoms with Crippen LogP contribution < -0.4 is 9.62 Å². The number of halogens is 3. The fourth-order valence-electron chi connectivity index (χ4n) is 3.07. The van der Waals surface area contributed by atoms with Gasteiger partial charge in [-0.15, -0.1) is 0 Å². The molecule has 1 rings (SSSR count). The highest BCUT2D eigenvalue weighted by molar-refractivity contribution is 7.92. The number of nitrogens with one attached hydrogen (secondary N) is 1. The number of carbonyl (C=O) groups is 1. The molecule has 0 spiro atoms. The highest BCUT2D eigenvalue weighted by atomic mass is 32.2. The molecule has 29 heavy (non-hydrogen) atoms. The van der Waals surface area contributed by atoms with Crippen LogP contribution in [0.2, 0.25) is 0 Å². The van der Waals surface area contributed by atoms with Crippen molar-refractivity contribution in [2.24, 2.45) is 5.92 Å². The van der Waals surface area contributed by atoms with Crippen LogP contribution in [0, 0.1) is 5.92 Å². The van der Waals surface area contributed by atoms with E-state index in [0.29, 0.717) is 12.5 Å². The number of hydrogen-bond donors (Lipinski definition) is 1. The van der Waals surface area contributed by atoms with Gasteiger partial charge in [0.25, 0.3) is 0 Å². The predicted molar refractivity (Wildman–Crippen MR) is 109 cm³/mol. The highest BCUT2D eigenvalue weighted by Crippen LogP contribution is 2.37. The lowest BCUT2D eigenvalue weighted by Crippen LogP contribution is -2.34. The van der Waals surface area contributed by atoms with E-state index in [9.17, 15) is 26.4 Å². The minimum Gasteiger partial charge on any atom is -0.356 e. The van der Waals surface area contributed by atoms with Crippen molar-refractivity contribution in [1.29, 1.82) is 0 Å². The average molecular weight is 437 g/mol. The maximum Gasteiger partial charge on any atom is 0.418 e. The van der Waals surface area contributed by atoms with Gasteiger partial charge >= 0.3 is 6.18 Å². The zero-order valence-electron chi connectivity index (χ0n) is 17.3. The Morgan fingerprint density at radius 2 is 1.83 bits per heavy atom. The molecule has 9 heteroatoms. The van der Waals surface area contributed by atoms with E-state index in [2.05, 4.69) is 19.2 Å². The molecule has 0 saturated carbocycles.